The molecule has 1 aromatic heterocycles. The van der Waals surface area contributed by atoms with Gasteiger partial charge in [0.05, 0.1) is 6.20 Å². The van der Waals surface area contributed by atoms with E-state index in [0.29, 0.717) is 6.04 Å². The van der Waals surface area contributed by atoms with Gasteiger partial charge in [0.15, 0.2) is 0 Å². The van der Waals surface area contributed by atoms with E-state index in [4.69, 9.17) is 0 Å². The summed E-state index contributed by atoms with van der Waals surface area (Å²) in [6.07, 6.45) is 3.84. The van der Waals surface area contributed by atoms with Crippen LogP contribution in [-0.2, 0) is 0 Å². The van der Waals surface area contributed by atoms with Crippen molar-refractivity contribution in [3.8, 4) is 0 Å². The Morgan fingerprint density at radius 2 is 2.12 bits per heavy atom. The first kappa shape index (κ1) is 11.0. The van der Waals surface area contributed by atoms with Crippen LogP contribution in [0.2, 0.25) is 0 Å². The minimum Gasteiger partial charge on any atom is -0.352 e. The average molecular weight is 235 g/mol. The minimum atomic E-state index is -0.259. The fourth-order valence-corrected chi connectivity index (χ4v) is 3.12. The molecular formula is C13H18FN3. The highest BCUT2D eigenvalue weighted by molar-refractivity contribution is 5.41. The van der Waals surface area contributed by atoms with Crippen molar-refractivity contribution in [2.45, 2.75) is 18.9 Å². The molecular weight excluding hydrogens is 217 g/mol. The maximum absolute atomic E-state index is 12.9. The number of likely N-dealkylation sites (tertiary alicyclic amines) is 1. The largest absolute Gasteiger partial charge is 0.352 e. The number of anilines is 1. The van der Waals surface area contributed by atoms with Gasteiger partial charge in [0.25, 0.3) is 0 Å². The molecule has 2 aliphatic heterocycles. The van der Waals surface area contributed by atoms with Crippen molar-refractivity contribution < 1.29 is 4.39 Å². The summed E-state index contributed by atoms with van der Waals surface area (Å²) in [5.41, 5.74) is 0. The van der Waals surface area contributed by atoms with Crippen LogP contribution in [0.15, 0.2) is 18.3 Å². The molecule has 92 valence electrons. The van der Waals surface area contributed by atoms with Gasteiger partial charge in [-0.15, -0.1) is 0 Å². The van der Waals surface area contributed by atoms with Gasteiger partial charge in [-0.25, -0.2) is 9.37 Å². The number of piperidine rings is 1. The van der Waals surface area contributed by atoms with Gasteiger partial charge in [-0.3, -0.25) is 0 Å². The highest BCUT2D eigenvalue weighted by Crippen LogP contribution is 2.33. The van der Waals surface area contributed by atoms with Gasteiger partial charge in [-0.1, -0.05) is 0 Å². The van der Waals surface area contributed by atoms with Crippen molar-refractivity contribution in [3.63, 3.8) is 0 Å². The second kappa shape index (κ2) is 4.26. The number of halogens is 1. The lowest BCUT2D eigenvalue weighted by Crippen LogP contribution is -2.46. The van der Waals surface area contributed by atoms with Crippen LogP contribution in [0.5, 0.6) is 0 Å². The van der Waals surface area contributed by atoms with Crippen LogP contribution in [0.25, 0.3) is 0 Å². The minimum absolute atomic E-state index is 0.259. The van der Waals surface area contributed by atoms with Gasteiger partial charge >= 0.3 is 0 Å². The van der Waals surface area contributed by atoms with Crippen molar-refractivity contribution in [1.29, 1.82) is 0 Å². The van der Waals surface area contributed by atoms with Gasteiger partial charge < -0.3 is 9.80 Å². The summed E-state index contributed by atoms with van der Waals surface area (Å²) in [6, 6.07) is 3.86. The van der Waals surface area contributed by atoms with Crippen LogP contribution in [0, 0.1) is 11.7 Å². The maximum Gasteiger partial charge on any atom is 0.141 e. The van der Waals surface area contributed by atoms with Crippen LogP contribution < -0.4 is 4.90 Å². The molecule has 0 amide bonds. The van der Waals surface area contributed by atoms with Crippen LogP contribution >= 0.6 is 0 Å². The molecule has 0 aromatic carbocycles. The molecule has 0 bridgehead atoms. The molecule has 2 atom stereocenters. The van der Waals surface area contributed by atoms with E-state index < -0.39 is 0 Å². The van der Waals surface area contributed by atoms with E-state index >= 15 is 0 Å². The molecule has 17 heavy (non-hydrogen) atoms. The monoisotopic (exact) mass is 235 g/mol. The summed E-state index contributed by atoms with van der Waals surface area (Å²) < 4.78 is 12.9. The predicted octanol–water partition coefficient (Wildman–Crippen LogP) is 1.75. The highest BCUT2D eigenvalue weighted by atomic mass is 19.1. The summed E-state index contributed by atoms with van der Waals surface area (Å²) in [6.45, 7) is 3.36. The molecule has 0 N–H and O–H groups in total. The number of fused-ring (bicyclic) bond motifs is 1. The number of aromatic nitrogens is 1. The van der Waals surface area contributed by atoms with Crippen molar-refractivity contribution in [2.24, 2.45) is 5.92 Å². The van der Waals surface area contributed by atoms with Crippen LogP contribution in [0.4, 0.5) is 10.2 Å². The van der Waals surface area contributed by atoms with Gasteiger partial charge in [0.1, 0.15) is 11.6 Å². The average Bonchev–Trinajstić information content (AvgIpc) is 2.73. The Balaban J connectivity index is 1.81. The quantitative estimate of drug-likeness (QED) is 0.739. The lowest BCUT2D eigenvalue weighted by atomic mass is 9.92. The number of likely N-dealkylation sites (N-methyl/N-ethyl adjacent to an activating group) is 1. The van der Waals surface area contributed by atoms with Crippen LogP contribution in [0.3, 0.4) is 0 Å². The second-order valence-electron chi connectivity index (χ2n) is 5.20. The van der Waals surface area contributed by atoms with Crippen molar-refractivity contribution in [2.75, 3.05) is 31.6 Å². The zero-order chi connectivity index (χ0) is 11.8. The third kappa shape index (κ3) is 2.02. The van der Waals surface area contributed by atoms with E-state index in [-0.39, 0.29) is 5.82 Å². The number of hydrogen-bond acceptors (Lipinski definition) is 3. The molecule has 0 unspecified atom stereocenters. The Morgan fingerprint density at radius 1 is 1.29 bits per heavy atom. The molecule has 3 nitrogen and oxygen atoms in total. The first-order valence-corrected chi connectivity index (χ1v) is 6.31. The summed E-state index contributed by atoms with van der Waals surface area (Å²) in [4.78, 5) is 8.93. The zero-order valence-electron chi connectivity index (χ0n) is 10.1. The van der Waals surface area contributed by atoms with Gasteiger partial charge in [-0.2, -0.15) is 0 Å². The van der Waals surface area contributed by atoms with Gasteiger partial charge in [0, 0.05) is 19.1 Å². The maximum atomic E-state index is 12.9. The number of nitrogens with zero attached hydrogens (tertiary/aromatic N) is 3. The van der Waals surface area contributed by atoms with Gasteiger partial charge in [0.2, 0.25) is 0 Å². The van der Waals surface area contributed by atoms with E-state index in [1.807, 2.05) is 0 Å². The van der Waals surface area contributed by atoms with Crippen LogP contribution in [-0.4, -0.2) is 42.6 Å². The Hall–Kier alpha value is -1.16. The van der Waals surface area contributed by atoms with E-state index in [2.05, 4.69) is 21.8 Å². The molecule has 0 spiro atoms. The van der Waals surface area contributed by atoms with E-state index in [1.54, 1.807) is 6.07 Å². The van der Waals surface area contributed by atoms with E-state index in [0.717, 1.165) is 24.8 Å². The van der Waals surface area contributed by atoms with Crippen LogP contribution in [0.1, 0.15) is 12.8 Å². The molecule has 2 aliphatic rings. The third-order valence-electron chi connectivity index (χ3n) is 4.07. The Kier molecular flexibility index (Phi) is 2.74. The normalized spacial score (nSPS) is 29.4. The molecule has 2 fully saturated rings. The first-order chi connectivity index (χ1) is 8.24. The Bertz CT molecular complexity index is 392. The summed E-state index contributed by atoms with van der Waals surface area (Å²) in [5.74, 6) is 1.46. The fourth-order valence-electron chi connectivity index (χ4n) is 3.12. The molecule has 3 rings (SSSR count). The molecule has 0 radical (unpaired) electrons. The zero-order valence-corrected chi connectivity index (χ0v) is 10.1. The molecule has 1 aromatic rings. The lowest BCUT2D eigenvalue weighted by Gasteiger charge is -2.37. The highest BCUT2D eigenvalue weighted by Gasteiger charge is 2.37. The van der Waals surface area contributed by atoms with E-state index in [9.17, 15) is 4.39 Å². The Morgan fingerprint density at radius 3 is 2.88 bits per heavy atom. The molecule has 0 aliphatic carbocycles. The number of pyridine rings is 1. The molecule has 4 heteroatoms. The van der Waals surface area contributed by atoms with Crippen molar-refractivity contribution >= 4 is 5.82 Å². The smallest absolute Gasteiger partial charge is 0.141 e. The van der Waals surface area contributed by atoms with Gasteiger partial charge in [-0.05, 0) is 44.5 Å². The summed E-state index contributed by atoms with van der Waals surface area (Å²) in [5, 5.41) is 0. The lowest BCUT2D eigenvalue weighted by molar-refractivity contribution is 0.208. The predicted molar refractivity (Wildman–Crippen MR) is 65.6 cm³/mol. The second-order valence-corrected chi connectivity index (χ2v) is 5.20. The number of hydrogen-bond donors (Lipinski definition) is 0. The first-order valence-electron chi connectivity index (χ1n) is 6.31. The molecule has 2 saturated heterocycles. The molecule has 0 saturated carbocycles. The van der Waals surface area contributed by atoms with Crippen molar-refractivity contribution in [3.05, 3.63) is 24.1 Å². The fraction of sp³-hybridized carbons (Fsp3) is 0.615. The molecule has 3 heterocycles. The summed E-state index contributed by atoms with van der Waals surface area (Å²) in [7, 11) is 2.17. The standard InChI is InChI=1S/C13H18FN3/c1-16-6-4-10-5-7-17(12(10)9-16)13-3-2-11(14)8-15-13/h2-3,8,10,12H,4-7,9H2,1H3/t10-,12+/m0/s1. The Labute approximate surface area is 101 Å². The van der Waals surface area contributed by atoms with E-state index in [1.165, 1.54) is 31.6 Å². The third-order valence-corrected chi connectivity index (χ3v) is 4.07. The topological polar surface area (TPSA) is 19.4 Å². The van der Waals surface area contributed by atoms with Crippen molar-refractivity contribution in [1.82, 2.24) is 9.88 Å². The number of rotatable bonds is 1. The summed E-state index contributed by atoms with van der Waals surface area (Å²) >= 11 is 0. The SMILES string of the molecule is CN1CC[C@H]2CCN(c3ccc(F)cn3)[C@@H]2C1.